The molecule has 0 N–H and O–H groups in total. The van der Waals surface area contributed by atoms with Crippen molar-refractivity contribution in [2.45, 2.75) is 87.9 Å². The highest BCUT2D eigenvalue weighted by Crippen LogP contribution is 2.47. The maximum absolute atomic E-state index is 2.69. The summed E-state index contributed by atoms with van der Waals surface area (Å²) in [4.78, 5) is 10.7. The molecule has 0 radical (unpaired) electrons. The van der Waals surface area contributed by atoms with Gasteiger partial charge >= 0.3 is 0 Å². The van der Waals surface area contributed by atoms with Gasteiger partial charge in [-0.3, -0.25) is 19.6 Å². The van der Waals surface area contributed by atoms with Crippen LogP contribution in [0.2, 0.25) is 0 Å². The lowest BCUT2D eigenvalue weighted by molar-refractivity contribution is 0.141. The van der Waals surface area contributed by atoms with Crippen molar-refractivity contribution in [2.24, 2.45) is 0 Å². The van der Waals surface area contributed by atoms with Crippen LogP contribution >= 0.6 is 0 Å². The summed E-state index contributed by atoms with van der Waals surface area (Å²) < 4.78 is 0. The van der Waals surface area contributed by atoms with Crippen LogP contribution in [0.3, 0.4) is 0 Å². The van der Waals surface area contributed by atoms with Crippen molar-refractivity contribution < 1.29 is 0 Å². The Hall–Kier alpha value is -0.940. The van der Waals surface area contributed by atoms with E-state index >= 15 is 0 Å². The van der Waals surface area contributed by atoms with Gasteiger partial charge in [-0.1, -0.05) is 49.9 Å². The molecule has 154 valence electrons. The molecule has 4 heteroatoms. The first-order valence-electron chi connectivity index (χ1n) is 11.6. The van der Waals surface area contributed by atoms with E-state index in [2.05, 4.69) is 72.1 Å². The van der Waals surface area contributed by atoms with Gasteiger partial charge in [0.1, 0.15) is 0 Å². The van der Waals surface area contributed by atoms with Crippen LogP contribution in [-0.2, 0) is 0 Å². The highest BCUT2D eigenvalue weighted by atomic mass is 15.5. The standard InChI is InChI=1S/C24H38N4/c1-25-19-13-7-8-14-20(19)26(2)23(25)17-11-5-6-12-18(17)24-27(3)21-15-9-10-16-22(21)28(24)4/h5-6,11-12,19-24H,7-10,13-16H2,1-4H3/t19-,20-,21-,22-/m1/s1. The summed E-state index contributed by atoms with van der Waals surface area (Å²) in [6, 6.07) is 12.2. The lowest BCUT2D eigenvalue weighted by Gasteiger charge is -2.34. The Morgan fingerprint density at radius 3 is 1.11 bits per heavy atom. The Balaban J connectivity index is 1.51. The fraction of sp³-hybridized carbons (Fsp3) is 0.750. The fourth-order valence-electron chi connectivity index (χ4n) is 7.24. The molecule has 0 unspecified atom stereocenters. The van der Waals surface area contributed by atoms with Crippen LogP contribution in [0.25, 0.3) is 0 Å². The smallest absolute Gasteiger partial charge is 0.0890 e. The SMILES string of the molecule is CN1C(c2ccccc2C2N(C)[C@@H]3CCCC[C@H]3N2C)N(C)[C@@H]2CCCC[C@H]21. The minimum Gasteiger partial charge on any atom is -0.283 e. The lowest BCUT2D eigenvalue weighted by atomic mass is 9.91. The van der Waals surface area contributed by atoms with Crippen molar-refractivity contribution >= 4 is 0 Å². The zero-order valence-electron chi connectivity index (χ0n) is 18.2. The van der Waals surface area contributed by atoms with Gasteiger partial charge < -0.3 is 0 Å². The van der Waals surface area contributed by atoms with Crippen molar-refractivity contribution in [1.82, 2.24) is 19.6 Å². The van der Waals surface area contributed by atoms with Crippen LogP contribution in [0.5, 0.6) is 0 Å². The van der Waals surface area contributed by atoms with Gasteiger partial charge in [-0.05, 0) is 65.0 Å². The van der Waals surface area contributed by atoms with Crippen LogP contribution in [0.4, 0.5) is 0 Å². The summed E-state index contributed by atoms with van der Waals surface area (Å²) in [6.07, 6.45) is 11.8. The van der Waals surface area contributed by atoms with Gasteiger partial charge in [-0.25, -0.2) is 0 Å². The second-order valence-corrected chi connectivity index (χ2v) is 9.88. The average Bonchev–Trinajstić information content (AvgIpc) is 3.13. The van der Waals surface area contributed by atoms with E-state index < -0.39 is 0 Å². The Kier molecular flexibility index (Phi) is 5.03. The summed E-state index contributed by atoms with van der Waals surface area (Å²) in [5.74, 6) is 0. The third-order valence-electron chi connectivity index (χ3n) is 8.58. The molecule has 4 aliphatic rings. The molecule has 4 atom stereocenters. The molecule has 1 aromatic rings. The normalized spacial score (nSPS) is 36.7. The first-order chi connectivity index (χ1) is 13.6. The Morgan fingerprint density at radius 1 is 0.536 bits per heavy atom. The lowest BCUT2D eigenvalue weighted by Crippen LogP contribution is -2.37. The second-order valence-electron chi connectivity index (χ2n) is 9.88. The van der Waals surface area contributed by atoms with E-state index in [0.717, 1.165) is 24.2 Å². The van der Waals surface area contributed by atoms with E-state index in [9.17, 15) is 0 Å². The Morgan fingerprint density at radius 2 is 0.821 bits per heavy atom. The minimum absolute atomic E-state index is 0.411. The van der Waals surface area contributed by atoms with Gasteiger partial charge in [0.05, 0.1) is 12.3 Å². The number of likely N-dealkylation sites (N-methyl/N-ethyl adjacent to an activating group) is 4. The van der Waals surface area contributed by atoms with Gasteiger partial charge in [0.2, 0.25) is 0 Å². The largest absolute Gasteiger partial charge is 0.283 e. The van der Waals surface area contributed by atoms with Gasteiger partial charge in [0.25, 0.3) is 0 Å². The maximum atomic E-state index is 2.69. The highest BCUT2D eigenvalue weighted by molar-refractivity contribution is 5.35. The highest BCUT2D eigenvalue weighted by Gasteiger charge is 2.48. The van der Waals surface area contributed by atoms with Gasteiger partial charge in [-0.2, -0.15) is 0 Å². The topological polar surface area (TPSA) is 13.0 Å². The number of hydrogen-bond donors (Lipinski definition) is 0. The van der Waals surface area contributed by atoms with Gasteiger partial charge in [-0.15, -0.1) is 0 Å². The molecule has 1 aromatic carbocycles. The average molecular weight is 383 g/mol. The molecule has 2 aliphatic heterocycles. The maximum Gasteiger partial charge on any atom is 0.0890 e. The summed E-state index contributed by atoms with van der Waals surface area (Å²) >= 11 is 0. The van der Waals surface area contributed by atoms with E-state index in [-0.39, 0.29) is 0 Å². The summed E-state index contributed by atoms with van der Waals surface area (Å²) in [5.41, 5.74) is 3.06. The van der Waals surface area contributed by atoms with E-state index in [1.165, 1.54) is 62.5 Å². The molecule has 2 saturated carbocycles. The molecule has 0 bridgehead atoms. The molecule has 0 amide bonds. The van der Waals surface area contributed by atoms with Crippen LogP contribution in [0.15, 0.2) is 24.3 Å². The van der Waals surface area contributed by atoms with Gasteiger partial charge in [0, 0.05) is 24.2 Å². The Bertz CT molecular complexity index is 611. The number of hydrogen-bond acceptors (Lipinski definition) is 4. The van der Waals surface area contributed by atoms with E-state index in [1.54, 1.807) is 0 Å². The number of benzene rings is 1. The zero-order chi connectivity index (χ0) is 19.4. The zero-order valence-corrected chi connectivity index (χ0v) is 18.2. The van der Waals surface area contributed by atoms with E-state index in [0.29, 0.717) is 12.3 Å². The van der Waals surface area contributed by atoms with Crippen molar-refractivity contribution in [2.75, 3.05) is 28.2 Å². The van der Waals surface area contributed by atoms with Crippen LogP contribution in [-0.4, -0.2) is 72.0 Å². The van der Waals surface area contributed by atoms with Crippen molar-refractivity contribution in [3.05, 3.63) is 35.4 Å². The number of rotatable bonds is 2. The summed E-state index contributed by atoms with van der Waals surface area (Å²) in [7, 11) is 9.48. The third kappa shape index (κ3) is 2.79. The quantitative estimate of drug-likeness (QED) is 0.765. The molecule has 28 heavy (non-hydrogen) atoms. The summed E-state index contributed by atoms with van der Waals surface area (Å²) in [6.45, 7) is 0. The fourth-order valence-corrected chi connectivity index (χ4v) is 7.24. The minimum atomic E-state index is 0.411. The van der Waals surface area contributed by atoms with Crippen molar-refractivity contribution in [1.29, 1.82) is 0 Å². The van der Waals surface area contributed by atoms with Crippen molar-refractivity contribution in [3.63, 3.8) is 0 Å². The van der Waals surface area contributed by atoms with Crippen LogP contribution in [0, 0.1) is 0 Å². The molecule has 0 aromatic heterocycles. The van der Waals surface area contributed by atoms with Crippen molar-refractivity contribution in [3.8, 4) is 0 Å². The molecule has 4 fully saturated rings. The summed E-state index contributed by atoms with van der Waals surface area (Å²) in [5, 5.41) is 0. The molecule has 4 nitrogen and oxygen atoms in total. The predicted octanol–water partition coefficient (Wildman–Crippen LogP) is 4.06. The number of nitrogens with zero attached hydrogens (tertiary/aromatic N) is 4. The van der Waals surface area contributed by atoms with Gasteiger partial charge in [0.15, 0.2) is 0 Å². The van der Waals surface area contributed by atoms with E-state index in [4.69, 9.17) is 0 Å². The third-order valence-corrected chi connectivity index (χ3v) is 8.58. The first kappa shape index (κ1) is 19.0. The molecular weight excluding hydrogens is 344 g/mol. The van der Waals surface area contributed by atoms with Crippen LogP contribution in [0.1, 0.15) is 74.8 Å². The second kappa shape index (κ2) is 7.39. The Labute approximate surface area is 171 Å². The monoisotopic (exact) mass is 382 g/mol. The molecule has 2 aliphatic carbocycles. The predicted molar refractivity (Wildman–Crippen MR) is 115 cm³/mol. The molecule has 5 rings (SSSR count). The van der Waals surface area contributed by atoms with E-state index in [1.807, 2.05) is 0 Å². The van der Waals surface area contributed by atoms with Crippen LogP contribution < -0.4 is 0 Å². The number of fused-ring (bicyclic) bond motifs is 2. The molecule has 0 spiro atoms. The molecule has 2 saturated heterocycles. The molecular formula is C24H38N4. The molecule has 2 heterocycles. The first-order valence-corrected chi connectivity index (χ1v) is 11.6.